The van der Waals surface area contributed by atoms with E-state index in [0.717, 1.165) is 16.7 Å². The number of aromatic hydroxyl groups is 1. The van der Waals surface area contributed by atoms with Gasteiger partial charge in [0, 0.05) is 6.42 Å². The second kappa shape index (κ2) is 10.3. The van der Waals surface area contributed by atoms with Gasteiger partial charge in [-0.3, -0.25) is 0 Å². The molecule has 5 heteroatoms. The number of phenols is 1. The molecule has 3 aromatic carbocycles. The highest BCUT2D eigenvalue weighted by Crippen LogP contribution is 2.26. The van der Waals surface area contributed by atoms with E-state index in [1.807, 2.05) is 49.4 Å². The van der Waals surface area contributed by atoms with E-state index < -0.39 is 0 Å². The molecule has 0 unspecified atom stereocenters. The summed E-state index contributed by atoms with van der Waals surface area (Å²) in [5.41, 5.74) is 3.82. The number of isocyanates is 2. The molecular formula is C22H18N2O3. The summed E-state index contributed by atoms with van der Waals surface area (Å²) in [7, 11) is 0. The minimum atomic E-state index is 0.368. The third-order valence-corrected chi connectivity index (χ3v) is 3.81. The molecule has 0 atom stereocenters. The van der Waals surface area contributed by atoms with Gasteiger partial charge in [0.25, 0.3) is 0 Å². The van der Waals surface area contributed by atoms with Crippen LogP contribution in [-0.4, -0.2) is 17.3 Å². The number of nitrogens with zero attached hydrogens (tertiary/aromatic N) is 2. The Hall–Kier alpha value is -3.78. The average molecular weight is 358 g/mol. The Morgan fingerprint density at radius 1 is 0.741 bits per heavy atom. The highest BCUT2D eigenvalue weighted by atomic mass is 16.3. The molecule has 27 heavy (non-hydrogen) atoms. The van der Waals surface area contributed by atoms with E-state index in [9.17, 15) is 9.59 Å². The number of rotatable bonds is 4. The number of hydrogen-bond acceptors (Lipinski definition) is 5. The summed E-state index contributed by atoms with van der Waals surface area (Å²) in [6.45, 7) is 1.87. The summed E-state index contributed by atoms with van der Waals surface area (Å²) < 4.78 is 0. The van der Waals surface area contributed by atoms with Crippen LogP contribution in [-0.2, 0) is 16.0 Å². The van der Waals surface area contributed by atoms with Crippen molar-refractivity contribution in [3.05, 3.63) is 89.5 Å². The highest BCUT2D eigenvalue weighted by Gasteiger charge is 2.05. The maximum Gasteiger partial charge on any atom is 0.240 e. The van der Waals surface area contributed by atoms with Gasteiger partial charge >= 0.3 is 0 Å². The number of aliphatic imine (C=N–C) groups is 2. The fraction of sp³-hybridized carbons (Fsp3) is 0.0909. The van der Waals surface area contributed by atoms with Crippen molar-refractivity contribution in [2.45, 2.75) is 13.3 Å². The van der Waals surface area contributed by atoms with Crippen molar-refractivity contribution in [2.75, 3.05) is 0 Å². The smallest absolute Gasteiger partial charge is 0.240 e. The molecule has 3 rings (SSSR count). The van der Waals surface area contributed by atoms with Gasteiger partial charge in [-0.05, 0) is 41.8 Å². The average Bonchev–Trinajstić information content (AvgIpc) is 2.68. The molecule has 0 bridgehead atoms. The van der Waals surface area contributed by atoms with E-state index in [1.54, 1.807) is 30.3 Å². The zero-order valence-corrected chi connectivity index (χ0v) is 14.8. The Morgan fingerprint density at radius 3 is 1.59 bits per heavy atom. The fourth-order valence-corrected chi connectivity index (χ4v) is 2.41. The summed E-state index contributed by atoms with van der Waals surface area (Å²) in [6.07, 6.45) is 3.61. The minimum Gasteiger partial charge on any atom is -0.508 e. The Labute approximate surface area is 157 Å². The summed E-state index contributed by atoms with van der Waals surface area (Å²) in [5, 5.41) is 8.92. The Morgan fingerprint density at radius 2 is 1.19 bits per heavy atom. The van der Waals surface area contributed by atoms with Crippen LogP contribution in [0.1, 0.15) is 16.7 Å². The van der Waals surface area contributed by atoms with Gasteiger partial charge in [-0.2, -0.15) is 9.98 Å². The van der Waals surface area contributed by atoms with Crippen LogP contribution in [0, 0.1) is 6.92 Å². The third-order valence-electron chi connectivity index (χ3n) is 3.81. The molecule has 134 valence electrons. The molecule has 3 aromatic rings. The lowest BCUT2D eigenvalue weighted by atomic mass is 10.0. The standard InChI is InChI=1S/C15H10N2O2.C7H8O/c18-10-16-14-7-3-1-5-12(14)9-13-6-2-4-8-15(13)17-11-19;1-6-4-2-3-5-7(6)8/h1-8H,9H2;2-5,8H,1H3. The van der Waals surface area contributed by atoms with Crippen molar-refractivity contribution in [1.29, 1.82) is 0 Å². The zero-order valence-electron chi connectivity index (χ0n) is 14.8. The van der Waals surface area contributed by atoms with Crippen molar-refractivity contribution in [2.24, 2.45) is 9.98 Å². The van der Waals surface area contributed by atoms with Crippen LogP contribution >= 0.6 is 0 Å². The first-order valence-corrected chi connectivity index (χ1v) is 8.22. The lowest BCUT2D eigenvalue weighted by molar-refractivity contribution is 0.471. The summed E-state index contributed by atoms with van der Waals surface area (Å²) in [5.74, 6) is 0.368. The number of benzene rings is 3. The van der Waals surface area contributed by atoms with Gasteiger partial charge in [0.15, 0.2) is 0 Å². The first-order chi connectivity index (χ1) is 13.2. The summed E-state index contributed by atoms with van der Waals surface area (Å²) >= 11 is 0. The lowest BCUT2D eigenvalue weighted by Crippen LogP contribution is -1.89. The molecule has 0 saturated carbocycles. The van der Waals surface area contributed by atoms with Gasteiger partial charge in [0.1, 0.15) is 5.75 Å². The molecule has 5 nitrogen and oxygen atoms in total. The van der Waals surface area contributed by atoms with E-state index >= 15 is 0 Å². The second-order valence-corrected chi connectivity index (χ2v) is 5.63. The van der Waals surface area contributed by atoms with Crippen LogP contribution in [0.2, 0.25) is 0 Å². The monoisotopic (exact) mass is 358 g/mol. The SMILES string of the molecule is Cc1ccccc1O.O=C=Nc1ccccc1Cc1ccccc1N=C=O. The van der Waals surface area contributed by atoms with Crippen LogP contribution < -0.4 is 0 Å². The van der Waals surface area contributed by atoms with Crippen molar-refractivity contribution >= 4 is 23.5 Å². The molecular weight excluding hydrogens is 340 g/mol. The molecule has 0 aromatic heterocycles. The van der Waals surface area contributed by atoms with E-state index in [0.29, 0.717) is 23.5 Å². The van der Waals surface area contributed by atoms with E-state index in [-0.39, 0.29) is 0 Å². The van der Waals surface area contributed by atoms with E-state index in [1.165, 1.54) is 12.2 Å². The van der Waals surface area contributed by atoms with Crippen LogP contribution in [0.5, 0.6) is 5.75 Å². The van der Waals surface area contributed by atoms with Crippen LogP contribution in [0.3, 0.4) is 0 Å². The predicted octanol–water partition coefficient (Wildman–Crippen LogP) is 4.91. The Kier molecular flexibility index (Phi) is 7.43. The fourth-order valence-electron chi connectivity index (χ4n) is 2.41. The second-order valence-electron chi connectivity index (χ2n) is 5.63. The maximum absolute atomic E-state index is 10.4. The molecule has 0 spiro atoms. The van der Waals surface area contributed by atoms with Gasteiger partial charge in [-0.1, -0.05) is 54.6 Å². The quantitative estimate of drug-likeness (QED) is 0.531. The van der Waals surface area contributed by atoms with Crippen molar-refractivity contribution in [1.82, 2.24) is 0 Å². The summed E-state index contributed by atoms with van der Waals surface area (Å²) in [4.78, 5) is 28.1. The van der Waals surface area contributed by atoms with Gasteiger partial charge in [-0.25, -0.2) is 9.59 Å². The molecule has 0 radical (unpaired) electrons. The lowest BCUT2D eigenvalue weighted by Gasteiger charge is -2.06. The van der Waals surface area contributed by atoms with Gasteiger partial charge in [-0.15, -0.1) is 0 Å². The molecule has 0 heterocycles. The topological polar surface area (TPSA) is 79.1 Å². The number of aryl methyl sites for hydroxylation is 1. The molecule has 0 fully saturated rings. The van der Waals surface area contributed by atoms with Gasteiger partial charge < -0.3 is 5.11 Å². The molecule has 0 aliphatic rings. The predicted molar refractivity (Wildman–Crippen MR) is 104 cm³/mol. The van der Waals surface area contributed by atoms with Crippen LogP contribution in [0.25, 0.3) is 0 Å². The van der Waals surface area contributed by atoms with Gasteiger partial charge in [0.05, 0.1) is 11.4 Å². The molecule has 1 N–H and O–H groups in total. The zero-order chi connectivity index (χ0) is 19.5. The van der Waals surface area contributed by atoms with Crippen LogP contribution in [0.4, 0.5) is 11.4 Å². The number of phenolic OH excluding ortho intramolecular Hbond substituents is 1. The van der Waals surface area contributed by atoms with Crippen LogP contribution in [0.15, 0.2) is 82.8 Å². The number of carbonyl (C=O) groups excluding carboxylic acids is 2. The largest absolute Gasteiger partial charge is 0.508 e. The molecule has 0 aliphatic carbocycles. The van der Waals surface area contributed by atoms with E-state index in [4.69, 9.17) is 5.11 Å². The van der Waals surface area contributed by atoms with Crippen molar-refractivity contribution < 1.29 is 14.7 Å². The molecule has 0 aliphatic heterocycles. The Balaban J connectivity index is 0.000000273. The third kappa shape index (κ3) is 5.91. The van der Waals surface area contributed by atoms with Crippen molar-refractivity contribution in [3.63, 3.8) is 0 Å². The van der Waals surface area contributed by atoms with Gasteiger partial charge in [0.2, 0.25) is 12.2 Å². The van der Waals surface area contributed by atoms with E-state index in [2.05, 4.69) is 9.98 Å². The highest BCUT2D eigenvalue weighted by molar-refractivity contribution is 5.59. The normalized spacial score (nSPS) is 9.22. The Bertz CT molecular complexity index is 921. The first kappa shape index (κ1) is 19.5. The number of para-hydroxylation sites is 3. The first-order valence-electron chi connectivity index (χ1n) is 8.22. The molecule has 0 amide bonds. The maximum atomic E-state index is 10.4. The molecule has 0 saturated heterocycles. The van der Waals surface area contributed by atoms with Crippen molar-refractivity contribution in [3.8, 4) is 5.75 Å². The minimum absolute atomic E-state index is 0.368. The summed E-state index contributed by atoms with van der Waals surface area (Å²) in [6, 6.07) is 21.8. The number of hydrogen-bond donors (Lipinski definition) is 1.